The van der Waals surface area contributed by atoms with Gasteiger partial charge in [-0.05, 0) is 20.3 Å². The van der Waals surface area contributed by atoms with E-state index in [1.165, 1.54) is 0 Å². The van der Waals surface area contributed by atoms with Crippen molar-refractivity contribution < 1.29 is 19.1 Å². The number of carbonyl (C=O) groups excluding carboxylic acids is 2. The van der Waals surface area contributed by atoms with Crippen LogP contribution in [-0.4, -0.2) is 36.9 Å². The van der Waals surface area contributed by atoms with Crippen molar-refractivity contribution >= 4 is 23.8 Å². The number of alkyl halides is 1. The van der Waals surface area contributed by atoms with Crippen LogP contribution in [0.25, 0.3) is 0 Å². The van der Waals surface area contributed by atoms with E-state index in [-0.39, 0.29) is 13.2 Å². The Morgan fingerprint density at radius 3 is 1.76 bits per heavy atom. The summed E-state index contributed by atoms with van der Waals surface area (Å²) in [5, 5.41) is 4.46. The molecule has 0 rings (SSSR count). The summed E-state index contributed by atoms with van der Waals surface area (Å²) in [6, 6.07) is 0. The average Bonchev–Trinajstić information content (AvgIpc) is 2.27. The van der Waals surface area contributed by atoms with E-state index in [1.54, 1.807) is 13.8 Å². The zero-order valence-corrected chi connectivity index (χ0v) is 11.0. The third kappa shape index (κ3) is 6.88. The molecule has 0 unspecified atom stereocenters. The van der Waals surface area contributed by atoms with Crippen molar-refractivity contribution in [1.29, 1.82) is 0 Å². The number of hydrogen-bond acceptors (Lipinski definition) is 4. The van der Waals surface area contributed by atoms with E-state index in [0.717, 1.165) is 0 Å². The zero-order chi connectivity index (χ0) is 13.3. The molecule has 0 aromatic heterocycles. The molecule has 0 aromatic rings. The minimum atomic E-state index is -0.722. The number of halogens is 1. The Morgan fingerprint density at radius 1 is 1.06 bits per heavy atom. The Bertz CT molecular complexity index is 230. The SMILES string of the molecule is CCOC(=O)NC(NC(=O)OCC)[C@@H](Cl)CC. The first kappa shape index (κ1) is 15.8. The highest BCUT2D eigenvalue weighted by molar-refractivity contribution is 6.21. The van der Waals surface area contributed by atoms with Gasteiger partial charge in [0, 0.05) is 0 Å². The molecule has 100 valence electrons. The van der Waals surface area contributed by atoms with Gasteiger partial charge in [-0.25, -0.2) is 9.59 Å². The van der Waals surface area contributed by atoms with Crippen molar-refractivity contribution in [3.63, 3.8) is 0 Å². The fourth-order valence-corrected chi connectivity index (χ4v) is 1.18. The fraction of sp³-hybridized carbons (Fsp3) is 0.800. The topological polar surface area (TPSA) is 76.7 Å². The number of ether oxygens (including phenoxy) is 2. The fourth-order valence-electron chi connectivity index (χ4n) is 1.05. The van der Waals surface area contributed by atoms with Crippen LogP contribution in [0.5, 0.6) is 0 Å². The monoisotopic (exact) mass is 266 g/mol. The number of hydrogen-bond donors (Lipinski definition) is 2. The van der Waals surface area contributed by atoms with Crippen LogP contribution in [0.4, 0.5) is 9.59 Å². The van der Waals surface area contributed by atoms with Crippen molar-refractivity contribution in [1.82, 2.24) is 10.6 Å². The molecule has 6 nitrogen and oxygen atoms in total. The van der Waals surface area contributed by atoms with E-state index in [4.69, 9.17) is 21.1 Å². The maximum Gasteiger partial charge on any atom is 0.408 e. The summed E-state index contributed by atoms with van der Waals surface area (Å²) < 4.78 is 9.42. The minimum absolute atomic E-state index is 0.247. The van der Waals surface area contributed by atoms with Crippen LogP contribution in [0.3, 0.4) is 0 Å². The Hall–Kier alpha value is -1.17. The van der Waals surface area contributed by atoms with Crippen molar-refractivity contribution in [3.8, 4) is 0 Å². The van der Waals surface area contributed by atoms with Crippen LogP contribution in [0.2, 0.25) is 0 Å². The highest BCUT2D eigenvalue weighted by Crippen LogP contribution is 2.06. The Balaban J connectivity index is 4.33. The standard InChI is InChI=1S/C10H19ClN2O4/c1-4-7(11)8(12-9(14)16-5-2)13-10(15)17-6-3/h7-8H,4-6H2,1-3H3,(H,12,14)(H,13,15)/t7-/m0/s1. The molecule has 0 spiro atoms. The van der Waals surface area contributed by atoms with Crippen molar-refractivity contribution in [2.45, 2.75) is 38.7 Å². The summed E-state index contributed by atoms with van der Waals surface area (Å²) >= 11 is 5.98. The van der Waals surface area contributed by atoms with E-state index < -0.39 is 23.7 Å². The lowest BCUT2D eigenvalue weighted by Gasteiger charge is -2.22. The Kier molecular flexibility index (Phi) is 8.31. The third-order valence-electron chi connectivity index (χ3n) is 1.85. The maximum atomic E-state index is 11.2. The number of amides is 2. The molecule has 0 radical (unpaired) electrons. The second-order valence-corrected chi connectivity index (χ2v) is 3.69. The van der Waals surface area contributed by atoms with Crippen molar-refractivity contribution in [3.05, 3.63) is 0 Å². The molecule has 0 aliphatic carbocycles. The van der Waals surface area contributed by atoms with E-state index in [1.807, 2.05) is 6.92 Å². The first-order valence-corrected chi connectivity index (χ1v) is 5.99. The molecule has 7 heteroatoms. The lowest BCUT2D eigenvalue weighted by Crippen LogP contribution is -2.53. The van der Waals surface area contributed by atoms with Crippen LogP contribution < -0.4 is 10.6 Å². The van der Waals surface area contributed by atoms with Crippen LogP contribution >= 0.6 is 11.6 Å². The average molecular weight is 267 g/mol. The molecular formula is C10H19ClN2O4. The lowest BCUT2D eigenvalue weighted by atomic mass is 10.2. The van der Waals surface area contributed by atoms with Gasteiger partial charge in [0.25, 0.3) is 0 Å². The molecule has 0 bridgehead atoms. The second kappa shape index (κ2) is 8.92. The summed E-state index contributed by atoms with van der Waals surface area (Å²) in [5.74, 6) is 0. The second-order valence-electron chi connectivity index (χ2n) is 3.13. The predicted molar refractivity (Wildman–Crippen MR) is 64.0 cm³/mol. The van der Waals surface area contributed by atoms with E-state index >= 15 is 0 Å². The van der Waals surface area contributed by atoms with Crippen LogP contribution in [-0.2, 0) is 9.47 Å². The number of rotatable bonds is 6. The number of nitrogens with one attached hydrogen (secondary N) is 2. The summed E-state index contributed by atoms with van der Waals surface area (Å²) in [4.78, 5) is 22.5. The van der Waals surface area contributed by atoms with Gasteiger partial charge in [-0.15, -0.1) is 11.6 Å². The van der Waals surface area contributed by atoms with Crippen molar-refractivity contribution in [2.75, 3.05) is 13.2 Å². The molecule has 0 aliphatic heterocycles. The summed E-state index contributed by atoms with van der Waals surface area (Å²) in [5.41, 5.74) is 0. The highest BCUT2D eigenvalue weighted by atomic mass is 35.5. The molecular weight excluding hydrogens is 248 g/mol. The molecule has 0 saturated heterocycles. The van der Waals surface area contributed by atoms with Gasteiger partial charge in [0.15, 0.2) is 0 Å². The van der Waals surface area contributed by atoms with Crippen LogP contribution in [0.15, 0.2) is 0 Å². The van der Waals surface area contributed by atoms with Gasteiger partial charge in [-0.2, -0.15) is 0 Å². The smallest absolute Gasteiger partial charge is 0.408 e. The van der Waals surface area contributed by atoms with Gasteiger partial charge < -0.3 is 9.47 Å². The molecule has 2 N–H and O–H groups in total. The molecule has 1 atom stereocenters. The lowest BCUT2D eigenvalue weighted by molar-refractivity contribution is 0.134. The molecule has 0 heterocycles. The first-order valence-electron chi connectivity index (χ1n) is 5.55. The van der Waals surface area contributed by atoms with Gasteiger partial charge in [-0.1, -0.05) is 6.92 Å². The van der Waals surface area contributed by atoms with Gasteiger partial charge in [0.2, 0.25) is 0 Å². The van der Waals surface area contributed by atoms with E-state index in [0.29, 0.717) is 6.42 Å². The highest BCUT2D eigenvalue weighted by Gasteiger charge is 2.22. The van der Waals surface area contributed by atoms with Crippen molar-refractivity contribution in [2.24, 2.45) is 0 Å². The van der Waals surface area contributed by atoms with Gasteiger partial charge in [-0.3, -0.25) is 10.6 Å². The maximum absolute atomic E-state index is 11.2. The third-order valence-corrected chi connectivity index (χ3v) is 2.41. The zero-order valence-electron chi connectivity index (χ0n) is 10.3. The first-order chi connectivity index (χ1) is 8.04. The van der Waals surface area contributed by atoms with Gasteiger partial charge in [0.05, 0.1) is 18.6 Å². The summed E-state index contributed by atoms with van der Waals surface area (Å²) in [7, 11) is 0. The number of carbonyl (C=O) groups is 2. The summed E-state index contributed by atoms with van der Waals surface area (Å²) in [6.45, 7) is 5.70. The molecule has 0 saturated carbocycles. The quantitative estimate of drug-likeness (QED) is 0.568. The number of alkyl carbamates (subject to hydrolysis) is 2. The van der Waals surface area contributed by atoms with Gasteiger partial charge >= 0.3 is 12.2 Å². The molecule has 0 aromatic carbocycles. The minimum Gasteiger partial charge on any atom is -0.450 e. The van der Waals surface area contributed by atoms with E-state index in [2.05, 4.69) is 10.6 Å². The van der Waals surface area contributed by atoms with Gasteiger partial charge in [0.1, 0.15) is 6.17 Å². The molecule has 0 fully saturated rings. The molecule has 2 amide bonds. The summed E-state index contributed by atoms with van der Waals surface area (Å²) in [6.07, 6.45) is -1.41. The van der Waals surface area contributed by atoms with E-state index in [9.17, 15) is 9.59 Å². The molecule has 0 aliphatic rings. The Labute approximate surface area is 106 Å². The van der Waals surface area contributed by atoms with Crippen LogP contribution in [0.1, 0.15) is 27.2 Å². The Morgan fingerprint density at radius 2 is 1.47 bits per heavy atom. The van der Waals surface area contributed by atoms with Crippen LogP contribution in [0, 0.1) is 0 Å². The molecule has 17 heavy (non-hydrogen) atoms. The normalized spacial score (nSPS) is 11.8. The predicted octanol–water partition coefficient (Wildman–Crippen LogP) is 1.82. The largest absolute Gasteiger partial charge is 0.450 e.